The molecule has 1 fully saturated rings. The zero-order valence-electron chi connectivity index (χ0n) is 15.9. The lowest BCUT2D eigenvalue weighted by Crippen LogP contribution is -2.48. The zero-order chi connectivity index (χ0) is 19.1. The molecule has 0 atom stereocenters. The number of halogens is 3. The van der Waals surface area contributed by atoms with Crippen LogP contribution in [-0.2, 0) is 6.54 Å². The Kier molecular flexibility index (Phi) is 8.88. The number of aromatic nitrogens is 1. The van der Waals surface area contributed by atoms with Gasteiger partial charge in [0.15, 0.2) is 5.96 Å². The molecule has 0 bridgehead atoms. The van der Waals surface area contributed by atoms with Gasteiger partial charge in [-0.25, -0.2) is 18.8 Å². The minimum absolute atomic E-state index is 0. The van der Waals surface area contributed by atoms with Gasteiger partial charge in [-0.05, 0) is 50.1 Å². The van der Waals surface area contributed by atoms with Crippen LogP contribution < -0.4 is 15.5 Å². The second-order valence-corrected chi connectivity index (χ2v) is 6.52. The molecular formula is C20H26F2IN5. The van der Waals surface area contributed by atoms with Crippen LogP contribution in [0, 0.1) is 11.6 Å². The standard InChI is InChI=1S/C20H25F2N5.HI/c1-2-23-20(25-14-15-13-16(21)6-7-18(15)22)26-17-8-11-27(12-9-17)19-5-3-4-10-24-19;/h3-7,10,13,17H,2,8-9,11-12,14H2,1H3,(H2,23,25,26);1H. The summed E-state index contributed by atoms with van der Waals surface area (Å²) in [5.74, 6) is 0.719. The van der Waals surface area contributed by atoms with Gasteiger partial charge >= 0.3 is 0 Å². The number of nitrogens with one attached hydrogen (secondary N) is 2. The van der Waals surface area contributed by atoms with Gasteiger partial charge in [-0.1, -0.05) is 6.07 Å². The summed E-state index contributed by atoms with van der Waals surface area (Å²) in [6, 6.07) is 9.64. The van der Waals surface area contributed by atoms with Gasteiger partial charge in [-0.3, -0.25) is 0 Å². The third-order valence-electron chi connectivity index (χ3n) is 4.57. The van der Waals surface area contributed by atoms with E-state index in [-0.39, 0.29) is 42.1 Å². The molecule has 28 heavy (non-hydrogen) atoms. The number of nitrogens with zero attached hydrogens (tertiary/aromatic N) is 3. The summed E-state index contributed by atoms with van der Waals surface area (Å²) in [4.78, 5) is 11.1. The van der Waals surface area contributed by atoms with E-state index >= 15 is 0 Å². The van der Waals surface area contributed by atoms with Crippen LogP contribution in [0.15, 0.2) is 47.6 Å². The fraction of sp³-hybridized carbons (Fsp3) is 0.400. The van der Waals surface area contributed by atoms with E-state index in [1.807, 2.05) is 25.1 Å². The fourth-order valence-corrected chi connectivity index (χ4v) is 3.14. The van der Waals surface area contributed by atoms with E-state index in [0.717, 1.165) is 43.9 Å². The van der Waals surface area contributed by atoms with Crippen molar-refractivity contribution in [2.75, 3.05) is 24.5 Å². The molecule has 5 nitrogen and oxygen atoms in total. The molecule has 0 radical (unpaired) electrons. The smallest absolute Gasteiger partial charge is 0.191 e. The van der Waals surface area contributed by atoms with Gasteiger partial charge in [0.2, 0.25) is 0 Å². The summed E-state index contributed by atoms with van der Waals surface area (Å²) in [6.45, 7) is 4.58. The number of piperidine rings is 1. The molecule has 1 aliphatic rings. The van der Waals surface area contributed by atoms with Crippen molar-refractivity contribution in [1.29, 1.82) is 0 Å². The van der Waals surface area contributed by atoms with Gasteiger partial charge in [0.25, 0.3) is 0 Å². The molecule has 0 amide bonds. The van der Waals surface area contributed by atoms with Crippen molar-refractivity contribution < 1.29 is 8.78 Å². The highest BCUT2D eigenvalue weighted by molar-refractivity contribution is 14.0. The van der Waals surface area contributed by atoms with Crippen LogP contribution in [0.5, 0.6) is 0 Å². The second kappa shape index (κ2) is 11.1. The second-order valence-electron chi connectivity index (χ2n) is 6.52. The van der Waals surface area contributed by atoms with Crippen molar-refractivity contribution in [3.05, 3.63) is 59.8 Å². The molecule has 0 aliphatic carbocycles. The number of pyridine rings is 1. The maximum Gasteiger partial charge on any atom is 0.191 e. The first kappa shape index (κ1) is 22.3. The highest BCUT2D eigenvalue weighted by Crippen LogP contribution is 2.17. The highest BCUT2D eigenvalue weighted by atomic mass is 127. The monoisotopic (exact) mass is 501 g/mol. The fourth-order valence-electron chi connectivity index (χ4n) is 3.14. The first-order chi connectivity index (χ1) is 13.2. The normalized spacial score (nSPS) is 15.1. The van der Waals surface area contributed by atoms with Crippen molar-refractivity contribution >= 4 is 35.8 Å². The van der Waals surface area contributed by atoms with Gasteiger partial charge in [0.05, 0.1) is 6.54 Å². The van der Waals surface area contributed by atoms with E-state index in [2.05, 4.69) is 25.5 Å². The Labute approximate surface area is 181 Å². The largest absolute Gasteiger partial charge is 0.357 e. The molecule has 1 aromatic heterocycles. The van der Waals surface area contributed by atoms with Gasteiger partial charge in [-0.15, -0.1) is 24.0 Å². The molecule has 0 unspecified atom stereocenters. The summed E-state index contributed by atoms with van der Waals surface area (Å²) in [5.41, 5.74) is 0.247. The first-order valence-corrected chi connectivity index (χ1v) is 9.30. The number of guanidine groups is 1. The topological polar surface area (TPSA) is 52.6 Å². The number of hydrogen-bond acceptors (Lipinski definition) is 3. The van der Waals surface area contributed by atoms with E-state index in [4.69, 9.17) is 0 Å². The van der Waals surface area contributed by atoms with E-state index in [9.17, 15) is 8.78 Å². The number of aliphatic imine (C=N–C) groups is 1. The van der Waals surface area contributed by atoms with Crippen LogP contribution in [0.2, 0.25) is 0 Å². The van der Waals surface area contributed by atoms with Crippen molar-refractivity contribution in [3.8, 4) is 0 Å². The molecule has 0 saturated carbocycles. The van der Waals surface area contributed by atoms with Gasteiger partial charge in [0, 0.05) is 37.4 Å². The third-order valence-corrected chi connectivity index (χ3v) is 4.57. The first-order valence-electron chi connectivity index (χ1n) is 9.30. The number of benzene rings is 1. The summed E-state index contributed by atoms with van der Waals surface area (Å²) in [5, 5.41) is 6.58. The molecule has 1 saturated heterocycles. The lowest BCUT2D eigenvalue weighted by atomic mass is 10.1. The Morgan fingerprint density at radius 3 is 2.68 bits per heavy atom. The van der Waals surface area contributed by atoms with Crippen molar-refractivity contribution in [2.24, 2.45) is 4.99 Å². The third kappa shape index (κ3) is 6.29. The quantitative estimate of drug-likeness (QED) is 0.373. The minimum atomic E-state index is -0.457. The average Bonchev–Trinajstić information content (AvgIpc) is 2.70. The average molecular weight is 501 g/mol. The Bertz CT molecular complexity index is 764. The van der Waals surface area contributed by atoms with E-state index < -0.39 is 11.6 Å². The molecule has 3 rings (SSSR count). The van der Waals surface area contributed by atoms with Gasteiger partial charge in [-0.2, -0.15) is 0 Å². The number of anilines is 1. The van der Waals surface area contributed by atoms with Crippen LogP contribution in [0.25, 0.3) is 0 Å². The predicted molar refractivity (Wildman–Crippen MR) is 119 cm³/mol. The van der Waals surface area contributed by atoms with Gasteiger partial charge < -0.3 is 15.5 Å². The van der Waals surface area contributed by atoms with Crippen molar-refractivity contribution in [1.82, 2.24) is 15.6 Å². The summed E-state index contributed by atoms with van der Waals surface area (Å²) in [7, 11) is 0. The van der Waals surface area contributed by atoms with Crippen LogP contribution in [-0.4, -0.2) is 36.6 Å². The molecule has 8 heteroatoms. The molecule has 152 valence electrons. The van der Waals surface area contributed by atoms with E-state index in [0.29, 0.717) is 12.5 Å². The highest BCUT2D eigenvalue weighted by Gasteiger charge is 2.20. The van der Waals surface area contributed by atoms with Crippen LogP contribution in [0.3, 0.4) is 0 Å². The Balaban J connectivity index is 0.00000280. The Morgan fingerprint density at radius 1 is 1.21 bits per heavy atom. The van der Waals surface area contributed by atoms with Crippen LogP contribution in [0.4, 0.5) is 14.6 Å². The maximum atomic E-state index is 13.8. The lowest BCUT2D eigenvalue weighted by Gasteiger charge is -2.33. The van der Waals surface area contributed by atoms with E-state index in [1.54, 1.807) is 6.20 Å². The van der Waals surface area contributed by atoms with Crippen LogP contribution in [0.1, 0.15) is 25.3 Å². The molecule has 2 heterocycles. The molecule has 1 aliphatic heterocycles. The van der Waals surface area contributed by atoms with Crippen LogP contribution >= 0.6 is 24.0 Å². The summed E-state index contributed by atoms with van der Waals surface area (Å²) >= 11 is 0. The molecular weight excluding hydrogens is 475 g/mol. The minimum Gasteiger partial charge on any atom is -0.357 e. The molecule has 0 spiro atoms. The Hall–Kier alpha value is -1.97. The van der Waals surface area contributed by atoms with Crippen molar-refractivity contribution in [3.63, 3.8) is 0 Å². The van der Waals surface area contributed by atoms with E-state index in [1.165, 1.54) is 6.07 Å². The molecule has 1 aromatic carbocycles. The van der Waals surface area contributed by atoms with Gasteiger partial charge in [0.1, 0.15) is 17.5 Å². The molecule has 2 aromatic rings. The SMILES string of the molecule is CCNC(=NCc1cc(F)ccc1F)NC1CCN(c2ccccn2)CC1.I. The lowest BCUT2D eigenvalue weighted by molar-refractivity contribution is 0.459. The van der Waals surface area contributed by atoms with Crippen molar-refractivity contribution in [2.45, 2.75) is 32.4 Å². The zero-order valence-corrected chi connectivity index (χ0v) is 18.2. The number of rotatable bonds is 5. The summed E-state index contributed by atoms with van der Waals surface area (Å²) < 4.78 is 27.1. The summed E-state index contributed by atoms with van der Waals surface area (Å²) in [6.07, 6.45) is 3.71. The Morgan fingerprint density at radius 2 is 2.00 bits per heavy atom. The maximum absolute atomic E-state index is 13.8. The predicted octanol–water partition coefficient (Wildman–Crippen LogP) is 3.70. The molecule has 2 N–H and O–H groups in total. The number of hydrogen-bond donors (Lipinski definition) is 2.